The molecule has 3 nitrogen and oxygen atoms in total. The van der Waals surface area contributed by atoms with Gasteiger partial charge in [0.25, 0.3) is 0 Å². The van der Waals surface area contributed by atoms with E-state index in [2.05, 4.69) is 25.1 Å². The van der Waals surface area contributed by atoms with Gasteiger partial charge < -0.3 is 9.47 Å². The van der Waals surface area contributed by atoms with Crippen molar-refractivity contribution in [2.24, 2.45) is 0 Å². The van der Waals surface area contributed by atoms with Crippen molar-refractivity contribution in [3.63, 3.8) is 0 Å². The number of benzene rings is 3. The molecule has 3 heteroatoms. The first kappa shape index (κ1) is 17.3. The van der Waals surface area contributed by atoms with Gasteiger partial charge in [0.2, 0.25) is 0 Å². The van der Waals surface area contributed by atoms with E-state index in [1.54, 1.807) is 0 Å². The van der Waals surface area contributed by atoms with Crippen molar-refractivity contribution in [3.8, 4) is 11.5 Å². The number of rotatable bonds is 4. The molecule has 1 aliphatic rings. The molecule has 136 valence electrons. The largest absolute Gasteiger partial charge is 0.465 e. The number of carbonyl (C=O) groups excluding carboxylic acids is 1. The predicted molar refractivity (Wildman–Crippen MR) is 105 cm³/mol. The Kier molecular flexibility index (Phi) is 4.68. The van der Waals surface area contributed by atoms with Crippen molar-refractivity contribution in [2.75, 3.05) is 6.61 Å². The van der Waals surface area contributed by atoms with Gasteiger partial charge in [-0.15, -0.1) is 0 Å². The molecule has 0 N–H and O–H groups in total. The number of ether oxygens (including phenoxy) is 2. The van der Waals surface area contributed by atoms with Crippen LogP contribution in [0.1, 0.15) is 47.9 Å². The van der Waals surface area contributed by atoms with Gasteiger partial charge in [-0.1, -0.05) is 67.6 Å². The number of esters is 1. The van der Waals surface area contributed by atoms with Crippen LogP contribution in [0, 0.1) is 0 Å². The second-order valence-corrected chi connectivity index (χ2v) is 6.72. The Balaban J connectivity index is 1.89. The summed E-state index contributed by atoms with van der Waals surface area (Å²) in [5.41, 5.74) is 4.06. The van der Waals surface area contributed by atoms with Gasteiger partial charge in [0.05, 0.1) is 6.61 Å². The summed E-state index contributed by atoms with van der Waals surface area (Å²) in [6.07, 6.45) is 0. The van der Waals surface area contributed by atoms with E-state index in [1.165, 1.54) is 5.56 Å². The number of hydrogen-bond acceptors (Lipinski definition) is 3. The van der Waals surface area contributed by atoms with Crippen LogP contribution >= 0.6 is 0 Å². The van der Waals surface area contributed by atoms with Gasteiger partial charge in [0, 0.05) is 17.0 Å². The average Bonchev–Trinajstić information content (AvgIpc) is 2.71. The number of fused-ring (bicyclic) bond motifs is 2. The smallest absolute Gasteiger partial charge is 0.318 e. The van der Waals surface area contributed by atoms with E-state index in [0.717, 1.165) is 22.4 Å². The maximum Gasteiger partial charge on any atom is 0.318 e. The topological polar surface area (TPSA) is 35.5 Å². The maximum atomic E-state index is 13.0. The van der Waals surface area contributed by atoms with Crippen molar-refractivity contribution in [2.45, 2.75) is 25.7 Å². The Morgan fingerprint density at radius 2 is 1.67 bits per heavy atom. The van der Waals surface area contributed by atoms with E-state index in [1.807, 2.05) is 61.5 Å². The molecule has 0 saturated heterocycles. The first-order chi connectivity index (χ1) is 13.2. The molecule has 1 heterocycles. The van der Waals surface area contributed by atoms with Crippen LogP contribution in [0.3, 0.4) is 0 Å². The molecule has 0 aliphatic carbocycles. The zero-order valence-corrected chi connectivity index (χ0v) is 15.5. The minimum Gasteiger partial charge on any atom is -0.465 e. The Bertz CT molecular complexity index is 962. The maximum absolute atomic E-state index is 13.0. The monoisotopic (exact) mass is 358 g/mol. The third-order valence-electron chi connectivity index (χ3n) is 5.13. The van der Waals surface area contributed by atoms with Crippen molar-refractivity contribution in [1.82, 2.24) is 0 Å². The first-order valence-electron chi connectivity index (χ1n) is 9.32. The van der Waals surface area contributed by atoms with Crippen molar-refractivity contribution < 1.29 is 14.3 Å². The minimum atomic E-state index is -0.479. The summed E-state index contributed by atoms with van der Waals surface area (Å²) in [7, 11) is 0. The standard InChI is InChI=1S/C24H22O3/c1-3-26-24(25)23-19-12-7-8-14-20(19)27-21-15-9-13-18(22(21)23)16(2)17-10-5-4-6-11-17/h4-16,23H,3H2,1-2H3/t16?,23-/m0/s1. The summed E-state index contributed by atoms with van der Waals surface area (Å²) in [6.45, 7) is 4.35. The van der Waals surface area contributed by atoms with Gasteiger partial charge >= 0.3 is 5.97 Å². The molecule has 0 fully saturated rings. The summed E-state index contributed by atoms with van der Waals surface area (Å²) >= 11 is 0. The second-order valence-electron chi connectivity index (χ2n) is 6.72. The summed E-state index contributed by atoms with van der Waals surface area (Å²) in [5.74, 6) is 0.862. The van der Waals surface area contributed by atoms with Crippen LogP contribution in [0.2, 0.25) is 0 Å². The van der Waals surface area contributed by atoms with Crippen molar-refractivity contribution in [3.05, 3.63) is 95.1 Å². The molecule has 1 unspecified atom stereocenters. The van der Waals surface area contributed by atoms with E-state index in [0.29, 0.717) is 12.4 Å². The van der Waals surface area contributed by atoms with Crippen LogP contribution in [-0.2, 0) is 9.53 Å². The van der Waals surface area contributed by atoms with E-state index >= 15 is 0 Å². The van der Waals surface area contributed by atoms with E-state index in [9.17, 15) is 4.79 Å². The highest BCUT2D eigenvalue weighted by molar-refractivity contribution is 5.86. The highest BCUT2D eigenvalue weighted by Crippen LogP contribution is 2.48. The van der Waals surface area contributed by atoms with Crippen molar-refractivity contribution in [1.29, 1.82) is 0 Å². The summed E-state index contributed by atoms with van der Waals surface area (Å²) in [5, 5.41) is 0. The molecule has 27 heavy (non-hydrogen) atoms. The quantitative estimate of drug-likeness (QED) is 0.566. The van der Waals surface area contributed by atoms with E-state index < -0.39 is 5.92 Å². The summed E-state index contributed by atoms with van der Waals surface area (Å²) in [6, 6.07) is 24.0. The van der Waals surface area contributed by atoms with Gasteiger partial charge in [0.15, 0.2) is 0 Å². The number of hydrogen-bond donors (Lipinski definition) is 0. The molecule has 1 aliphatic heterocycles. The average molecular weight is 358 g/mol. The number of carbonyl (C=O) groups is 1. The zero-order valence-electron chi connectivity index (χ0n) is 15.5. The fourth-order valence-corrected chi connectivity index (χ4v) is 3.81. The molecule has 0 saturated carbocycles. The Labute approximate surface area is 159 Å². The van der Waals surface area contributed by atoms with Gasteiger partial charge in [-0.2, -0.15) is 0 Å². The highest BCUT2D eigenvalue weighted by Gasteiger charge is 2.36. The third-order valence-corrected chi connectivity index (χ3v) is 5.13. The van der Waals surface area contributed by atoms with Crippen LogP contribution in [0.25, 0.3) is 0 Å². The van der Waals surface area contributed by atoms with Gasteiger partial charge in [-0.3, -0.25) is 4.79 Å². The number of para-hydroxylation sites is 1. The first-order valence-corrected chi connectivity index (χ1v) is 9.32. The highest BCUT2D eigenvalue weighted by atomic mass is 16.5. The molecule has 4 rings (SSSR count). The molecule has 0 bridgehead atoms. The van der Waals surface area contributed by atoms with Crippen LogP contribution < -0.4 is 4.74 Å². The Morgan fingerprint density at radius 3 is 2.44 bits per heavy atom. The molecule has 0 amide bonds. The molecule has 3 aromatic carbocycles. The van der Waals surface area contributed by atoms with Gasteiger partial charge in [-0.25, -0.2) is 0 Å². The second kappa shape index (κ2) is 7.28. The van der Waals surface area contributed by atoms with E-state index in [4.69, 9.17) is 9.47 Å². The molecule has 0 radical (unpaired) electrons. The fraction of sp³-hybridized carbons (Fsp3) is 0.208. The fourth-order valence-electron chi connectivity index (χ4n) is 3.81. The minimum absolute atomic E-state index is 0.131. The van der Waals surface area contributed by atoms with Crippen LogP contribution in [0.5, 0.6) is 11.5 Å². The van der Waals surface area contributed by atoms with Gasteiger partial charge in [-0.05, 0) is 30.2 Å². The molecule has 3 aromatic rings. The lowest BCUT2D eigenvalue weighted by Crippen LogP contribution is -2.23. The van der Waals surface area contributed by atoms with Crippen LogP contribution in [0.15, 0.2) is 72.8 Å². The summed E-state index contributed by atoms with van der Waals surface area (Å²) < 4.78 is 11.6. The SMILES string of the molecule is CCOC(=O)[C@H]1c2ccccc2Oc2cccc(C(C)c3ccccc3)c21. The molecule has 2 atom stereocenters. The third kappa shape index (κ3) is 3.10. The lowest BCUT2D eigenvalue weighted by molar-refractivity contribution is -0.144. The van der Waals surface area contributed by atoms with Crippen LogP contribution in [0.4, 0.5) is 0 Å². The molecule has 0 spiro atoms. The van der Waals surface area contributed by atoms with Crippen LogP contribution in [-0.4, -0.2) is 12.6 Å². The van der Waals surface area contributed by atoms with Gasteiger partial charge in [0.1, 0.15) is 17.4 Å². The molecular weight excluding hydrogens is 336 g/mol. The zero-order chi connectivity index (χ0) is 18.8. The predicted octanol–water partition coefficient (Wildman–Crippen LogP) is 5.64. The Hall–Kier alpha value is -3.07. The Morgan fingerprint density at radius 1 is 0.963 bits per heavy atom. The normalized spacial score (nSPS) is 15.9. The molecule has 0 aromatic heterocycles. The van der Waals surface area contributed by atoms with E-state index in [-0.39, 0.29) is 11.9 Å². The summed E-state index contributed by atoms with van der Waals surface area (Å²) in [4.78, 5) is 13.0. The molecular formula is C24H22O3. The lowest BCUT2D eigenvalue weighted by Gasteiger charge is -2.30. The lowest BCUT2D eigenvalue weighted by atomic mass is 9.80. The van der Waals surface area contributed by atoms with Crippen molar-refractivity contribution >= 4 is 5.97 Å².